The van der Waals surface area contributed by atoms with Crippen LogP contribution in [0.5, 0.6) is 5.75 Å². The van der Waals surface area contributed by atoms with Gasteiger partial charge in [0.2, 0.25) is 0 Å². The summed E-state index contributed by atoms with van der Waals surface area (Å²) in [5.41, 5.74) is -0.180. The summed E-state index contributed by atoms with van der Waals surface area (Å²) in [6.07, 6.45) is -2.78. The van der Waals surface area contributed by atoms with Crippen molar-refractivity contribution < 1.29 is 28.0 Å². The van der Waals surface area contributed by atoms with Crippen molar-refractivity contribution in [2.45, 2.75) is 6.10 Å². The fourth-order valence-corrected chi connectivity index (χ4v) is 0.996. The first-order valence-electron chi connectivity index (χ1n) is 4.81. The van der Waals surface area contributed by atoms with E-state index in [2.05, 4.69) is 9.47 Å². The lowest BCUT2D eigenvalue weighted by Gasteiger charge is -2.10. The van der Waals surface area contributed by atoms with Crippen molar-refractivity contribution in [3.8, 4) is 5.75 Å². The van der Waals surface area contributed by atoms with Crippen LogP contribution in [0.2, 0.25) is 0 Å². The number of nitrogens with zero attached hydrogens (tertiary/aromatic N) is 1. The summed E-state index contributed by atoms with van der Waals surface area (Å²) < 4.78 is 33.0. The Morgan fingerprint density at radius 3 is 2.28 bits per heavy atom. The number of hydrogen-bond donors (Lipinski definition) is 0. The standard InChI is InChI=1S/C10H9F2NO5/c11-5-9(6-12)18-10(14)17-8-3-1-7(2-4-8)13(15)16/h1-4,9H,5-6H2. The maximum atomic E-state index is 12.1. The molecule has 0 saturated carbocycles. The second-order valence-corrected chi connectivity index (χ2v) is 3.15. The van der Waals surface area contributed by atoms with Gasteiger partial charge in [0.1, 0.15) is 19.1 Å². The van der Waals surface area contributed by atoms with Crippen LogP contribution in [0.4, 0.5) is 19.3 Å². The fraction of sp³-hybridized carbons (Fsp3) is 0.300. The number of nitro groups is 1. The molecule has 1 aromatic carbocycles. The Morgan fingerprint density at radius 2 is 1.83 bits per heavy atom. The van der Waals surface area contributed by atoms with Crippen molar-refractivity contribution in [1.29, 1.82) is 0 Å². The highest BCUT2D eigenvalue weighted by molar-refractivity contribution is 5.64. The third kappa shape index (κ3) is 3.96. The molecule has 0 heterocycles. The van der Waals surface area contributed by atoms with Gasteiger partial charge in [0, 0.05) is 12.1 Å². The summed E-state index contributed by atoms with van der Waals surface area (Å²) in [6, 6.07) is 4.56. The van der Waals surface area contributed by atoms with Crippen molar-refractivity contribution in [1.82, 2.24) is 0 Å². The minimum absolute atomic E-state index is 0.0259. The lowest BCUT2D eigenvalue weighted by Crippen LogP contribution is -2.24. The van der Waals surface area contributed by atoms with E-state index in [0.29, 0.717) is 0 Å². The molecule has 0 radical (unpaired) electrons. The molecule has 0 aliphatic carbocycles. The van der Waals surface area contributed by atoms with E-state index in [-0.39, 0.29) is 11.4 Å². The van der Waals surface area contributed by atoms with Crippen LogP contribution >= 0.6 is 0 Å². The van der Waals surface area contributed by atoms with Gasteiger partial charge in [0.05, 0.1) is 4.92 Å². The van der Waals surface area contributed by atoms with E-state index in [1.54, 1.807) is 0 Å². The Morgan fingerprint density at radius 1 is 1.28 bits per heavy atom. The number of benzene rings is 1. The normalized spacial score (nSPS) is 10.2. The van der Waals surface area contributed by atoms with Crippen LogP contribution in [0.1, 0.15) is 0 Å². The number of carbonyl (C=O) groups excluding carboxylic acids is 1. The fourth-order valence-electron chi connectivity index (χ4n) is 0.996. The summed E-state index contributed by atoms with van der Waals surface area (Å²) >= 11 is 0. The number of carbonyl (C=O) groups is 1. The van der Waals surface area contributed by atoms with Gasteiger partial charge in [-0.05, 0) is 12.1 Å². The molecule has 1 aromatic rings. The zero-order valence-corrected chi connectivity index (χ0v) is 9.05. The molecular formula is C10H9F2NO5. The average Bonchev–Trinajstić information content (AvgIpc) is 2.36. The summed E-state index contributed by atoms with van der Waals surface area (Å²) in [6.45, 7) is -2.32. The first-order chi connectivity index (χ1) is 8.56. The van der Waals surface area contributed by atoms with Crippen molar-refractivity contribution >= 4 is 11.8 Å². The molecule has 0 atom stereocenters. The van der Waals surface area contributed by atoms with E-state index in [0.717, 1.165) is 12.1 Å². The largest absolute Gasteiger partial charge is 0.514 e. The topological polar surface area (TPSA) is 78.7 Å². The molecule has 0 N–H and O–H groups in total. The molecular weight excluding hydrogens is 252 g/mol. The van der Waals surface area contributed by atoms with Gasteiger partial charge in [-0.3, -0.25) is 10.1 Å². The SMILES string of the molecule is O=C(Oc1ccc([N+](=O)[O-])cc1)OC(CF)CF. The summed E-state index contributed by atoms with van der Waals surface area (Å²) in [5.74, 6) is -0.0259. The lowest BCUT2D eigenvalue weighted by molar-refractivity contribution is -0.384. The molecule has 6 nitrogen and oxygen atoms in total. The molecule has 0 fully saturated rings. The van der Waals surface area contributed by atoms with Gasteiger partial charge in [-0.15, -0.1) is 0 Å². The minimum atomic E-state index is -1.50. The summed E-state index contributed by atoms with van der Waals surface area (Å²) in [4.78, 5) is 20.8. The monoisotopic (exact) mass is 261 g/mol. The van der Waals surface area contributed by atoms with Gasteiger partial charge >= 0.3 is 6.16 Å². The van der Waals surface area contributed by atoms with Crippen LogP contribution in [-0.2, 0) is 4.74 Å². The molecule has 0 aliphatic rings. The van der Waals surface area contributed by atoms with Crippen molar-refractivity contribution in [3.63, 3.8) is 0 Å². The van der Waals surface area contributed by atoms with Crippen LogP contribution in [0.25, 0.3) is 0 Å². The van der Waals surface area contributed by atoms with E-state index in [1.165, 1.54) is 12.1 Å². The highest BCUT2D eigenvalue weighted by Gasteiger charge is 2.16. The highest BCUT2D eigenvalue weighted by Crippen LogP contribution is 2.17. The average molecular weight is 261 g/mol. The van der Waals surface area contributed by atoms with Crippen LogP contribution in [-0.4, -0.2) is 30.5 Å². The smallest absolute Gasteiger partial charge is 0.425 e. The molecule has 18 heavy (non-hydrogen) atoms. The van der Waals surface area contributed by atoms with Crippen molar-refractivity contribution in [2.24, 2.45) is 0 Å². The predicted octanol–water partition coefficient (Wildman–Crippen LogP) is 2.42. The summed E-state index contributed by atoms with van der Waals surface area (Å²) in [7, 11) is 0. The predicted molar refractivity (Wildman–Crippen MR) is 55.9 cm³/mol. The van der Waals surface area contributed by atoms with Gasteiger partial charge in [-0.1, -0.05) is 0 Å². The van der Waals surface area contributed by atoms with Crippen LogP contribution in [0.3, 0.4) is 0 Å². The zero-order valence-electron chi connectivity index (χ0n) is 9.05. The van der Waals surface area contributed by atoms with Gasteiger partial charge < -0.3 is 9.47 Å². The maximum absolute atomic E-state index is 12.1. The number of non-ortho nitro benzene ring substituents is 1. The van der Waals surface area contributed by atoms with Crippen LogP contribution < -0.4 is 4.74 Å². The quantitative estimate of drug-likeness (QED) is 0.352. The van der Waals surface area contributed by atoms with E-state index in [1.807, 2.05) is 0 Å². The summed E-state index contributed by atoms with van der Waals surface area (Å²) in [5, 5.41) is 10.3. The van der Waals surface area contributed by atoms with Crippen molar-refractivity contribution in [3.05, 3.63) is 34.4 Å². The first kappa shape index (κ1) is 13.8. The zero-order chi connectivity index (χ0) is 13.5. The minimum Gasteiger partial charge on any atom is -0.425 e. The Bertz CT molecular complexity index is 419. The van der Waals surface area contributed by atoms with E-state index >= 15 is 0 Å². The molecule has 0 aliphatic heterocycles. The van der Waals surface area contributed by atoms with E-state index < -0.39 is 30.5 Å². The van der Waals surface area contributed by atoms with Crippen LogP contribution in [0.15, 0.2) is 24.3 Å². The van der Waals surface area contributed by atoms with E-state index in [4.69, 9.17) is 0 Å². The molecule has 0 spiro atoms. The molecule has 0 unspecified atom stereocenters. The molecule has 8 heteroatoms. The second-order valence-electron chi connectivity index (χ2n) is 3.15. The molecule has 0 amide bonds. The Hall–Kier alpha value is -2.25. The lowest BCUT2D eigenvalue weighted by atomic mass is 10.3. The second kappa shape index (κ2) is 6.48. The van der Waals surface area contributed by atoms with Gasteiger partial charge in [0.15, 0.2) is 6.10 Å². The maximum Gasteiger partial charge on any atom is 0.514 e. The number of nitro benzene ring substituents is 1. The van der Waals surface area contributed by atoms with Gasteiger partial charge in [0.25, 0.3) is 5.69 Å². The number of rotatable bonds is 5. The van der Waals surface area contributed by atoms with E-state index in [9.17, 15) is 23.7 Å². The van der Waals surface area contributed by atoms with Crippen molar-refractivity contribution in [2.75, 3.05) is 13.3 Å². The van der Waals surface area contributed by atoms with Gasteiger partial charge in [-0.2, -0.15) is 0 Å². The Balaban J connectivity index is 2.56. The Kier molecular flexibility index (Phi) is 4.97. The third-order valence-corrected chi connectivity index (χ3v) is 1.86. The number of halogens is 2. The third-order valence-electron chi connectivity index (χ3n) is 1.86. The molecule has 1 rings (SSSR count). The molecule has 0 saturated heterocycles. The number of alkyl halides is 2. The Labute approximate surface area is 100 Å². The molecule has 0 bridgehead atoms. The first-order valence-corrected chi connectivity index (χ1v) is 4.81. The molecule has 98 valence electrons. The number of ether oxygens (including phenoxy) is 2. The number of hydrogen-bond acceptors (Lipinski definition) is 5. The molecule has 0 aromatic heterocycles. The van der Waals surface area contributed by atoms with Crippen LogP contribution in [0, 0.1) is 10.1 Å². The highest BCUT2D eigenvalue weighted by atomic mass is 19.1. The van der Waals surface area contributed by atoms with Gasteiger partial charge in [-0.25, -0.2) is 13.6 Å².